The third-order valence-corrected chi connectivity index (χ3v) is 2.74. The summed E-state index contributed by atoms with van der Waals surface area (Å²) in [4.78, 5) is 0. The fourth-order valence-corrected chi connectivity index (χ4v) is 2.60. The third kappa shape index (κ3) is 1.98. The lowest BCUT2D eigenvalue weighted by Crippen LogP contribution is -2.24. The van der Waals surface area contributed by atoms with Crippen LogP contribution in [0.3, 0.4) is 0 Å². The second-order valence-corrected chi connectivity index (χ2v) is 5.01. The van der Waals surface area contributed by atoms with Gasteiger partial charge in [-0.1, -0.05) is 0 Å². The van der Waals surface area contributed by atoms with Crippen LogP contribution in [-0.4, -0.2) is 16.9 Å². The molecule has 0 saturated carbocycles. The van der Waals surface area contributed by atoms with Gasteiger partial charge in [-0.2, -0.15) is 5.10 Å². The second-order valence-electron chi connectivity index (χ2n) is 3.99. The first-order valence-electron chi connectivity index (χ1n) is 4.17. The molecule has 1 heterocycles. The van der Waals surface area contributed by atoms with Crippen molar-refractivity contribution in [3.8, 4) is 5.75 Å². The van der Waals surface area contributed by atoms with Crippen LogP contribution in [0.4, 0.5) is 0 Å². The highest BCUT2D eigenvalue weighted by Crippen LogP contribution is 2.28. The number of nitrogens with zero attached hydrogens (tertiary/aromatic N) is 2. The molecule has 13 heavy (non-hydrogen) atoms. The lowest BCUT2D eigenvalue weighted by atomic mass is 10.1. The molecular formula is C9H15IN2O. The minimum Gasteiger partial charge on any atom is -0.492 e. The number of hydrogen-bond acceptors (Lipinski definition) is 2. The molecule has 0 amide bonds. The average Bonchev–Trinajstić information content (AvgIpc) is 2.25. The Kier molecular flexibility index (Phi) is 2.89. The van der Waals surface area contributed by atoms with Gasteiger partial charge in [0.15, 0.2) is 5.75 Å². The van der Waals surface area contributed by atoms with E-state index in [1.807, 2.05) is 11.6 Å². The van der Waals surface area contributed by atoms with Crippen molar-refractivity contribution in [3.63, 3.8) is 0 Å². The monoisotopic (exact) mass is 294 g/mol. The Labute approximate surface area is 92.6 Å². The number of methoxy groups -OCH3 is 1. The zero-order chi connectivity index (χ0) is 10.2. The summed E-state index contributed by atoms with van der Waals surface area (Å²) in [6, 6.07) is 0. The summed E-state index contributed by atoms with van der Waals surface area (Å²) in [7, 11) is 1.68. The van der Waals surface area contributed by atoms with Gasteiger partial charge in [0.25, 0.3) is 0 Å². The molecular weight excluding hydrogens is 279 g/mol. The van der Waals surface area contributed by atoms with Crippen molar-refractivity contribution in [1.82, 2.24) is 9.78 Å². The number of ether oxygens (including phenoxy) is 1. The quantitative estimate of drug-likeness (QED) is 0.744. The minimum absolute atomic E-state index is 0.0120. The van der Waals surface area contributed by atoms with Crippen molar-refractivity contribution >= 4 is 22.6 Å². The van der Waals surface area contributed by atoms with Gasteiger partial charge in [-0.05, 0) is 50.3 Å². The van der Waals surface area contributed by atoms with Crippen LogP contribution in [0.1, 0.15) is 26.5 Å². The Balaban J connectivity index is 3.26. The SMILES string of the molecule is COc1c(C)nn(C(C)(C)C)c1I. The summed E-state index contributed by atoms with van der Waals surface area (Å²) >= 11 is 2.26. The molecule has 0 aliphatic carbocycles. The maximum atomic E-state index is 5.26. The van der Waals surface area contributed by atoms with E-state index in [0.717, 1.165) is 15.1 Å². The van der Waals surface area contributed by atoms with E-state index in [9.17, 15) is 0 Å². The number of rotatable bonds is 1. The van der Waals surface area contributed by atoms with E-state index >= 15 is 0 Å². The van der Waals surface area contributed by atoms with Crippen LogP contribution in [0.25, 0.3) is 0 Å². The van der Waals surface area contributed by atoms with Crippen molar-refractivity contribution in [2.24, 2.45) is 0 Å². The zero-order valence-electron chi connectivity index (χ0n) is 8.68. The first-order chi connectivity index (χ1) is 5.88. The maximum Gasteiger partial charge on any atom is 0.173 e. The van der Waals surface area contributed by atoms with Crippen molar-refractivity contribution in [1.29, 1.82) is 0 Å². The van der Waals surface area contributed by atoms with Crippen molar-refractivity contribution < 1.29 is 4.74 Å². The van der Waals surface area contributed by atoms with Crippen LogP contribution in [0.15, 0.2) is 0 Å². The van der Waals surface area contributed by atoms with Gasteiger partial charge in [0.1, 0.15) is 9.39 Å². The van der Waals surface area contributed by atoms with E-state index in [4.69, 9.17) is 4.74 Å². The third-order valence-electron chi connectivity index (χ3n) is 1.79. The van der Waals surface area contributed by atoms with E-state index in [-0.39, 0.29) is 5.54 Å². The zero-order valence-corrected chi connectivity index (χ0v) is 10.8. The molecule has 0 N–H and O–H groups in total. The largest absolute Gasteiger partial charge is 0.492 e. The Bertz CT molecular complexity index is 312. The van der Waals surface area contributed by atoms with Crippen LogP contribution in [0.5, 0.6) is 5.75 Å². The van der Waals surface area contributed by atoms with Crippen LogP contribution in [0, 0.1) is 10.6 Å². The molecule has 3 nitrogen and oxygen atoms in total. The lowest BCUT2D eigenvalue weighted by molar-refractivity contribution is 0.341. The van der Waals surface area contributed by atoms with Crippen LogP contribution >= 0.6 is 22.6 Å². The van der Waals surface area contributed by atoms with Gasteiger partial charge in [0.05, 0.1) is 12.6 Å². The van der Waals surface area contributed by atoms with Crippen molar-refractivity contribution in [2.45, 2.75) is 33.2 Å². The molecule has 0 saturated heterocycles. The highest BCUT2D eigenvalue weighted by Gasteiger charge is 2.22. The second kappa shape index (κ2) is 3.48. The smallest absolute Gasteiger partial charge is 0.173 e. The molecule has 0 atom stereocenters. The summed E-state index contributed by atoms with van der Waals surface area (Å²) in [5.74, 6) is 0.885. The standard InChI is InChI=1S/C9H15IN2O/c1-6-7(13-5)8(10)12(11-6)9(2,3)4/h1-5H3. The van der Waals surface area contributed by atoms with Crippen LogP contribution in [0.2, 0.25) is 0 Å². The fourth-order valence-electron chi connectivity index (χ4n) is 1.16. The highest BCUT2D eigenvalue weighted by molar-refractivity contribution is 14.1. The Hall–Kier alpha value is -0.260. The minimum atomic E-state index is 0.0120. The van der Waals surface area contributed by atoms with E-state index in [1.54, 1.807) is 7.11 Å². The average molecular weight is 294 g/mol. The first kappa shape index (κ1) is 10.8. The highest BCUT2D eigenvalue weighted by atomic mass is 127. The number of aryl methyl sites for hydroxylation is 1. The van der Waals surface area contributed by atoms with Gasteiger partial charge in [0.2, 0.25) is 0 Å². The molecule has 74 valence electrons. The van der Waals surface area contributed by atoms with E-state index in [2.05, 4.69) is 48.5 Å². The molecule has 4 heteroatoms. The van der Waals surface area contributed by atoms with E-state index in [1.165, 1.54) is 0 Å². The van der Waals surface area contributed by atoms with Crippen molar-refractivity contribution in [2.75, 3.05) is 7.11 Å². The van der Waals surface area contributed by atoms with Crippen LogP contribution < -0.4 is 4.74 Å². The maximum absolute atomic E-state index is 5.26. The summed E-state index contributed by atoms with van der Waals surface area (Å²) < 4.78 is 8.31. The van der Waals surface area contributed by atoms with Gasteiger partial charge in [0, 0.05) is 0 Å². The molecule has 0 unspecified atom stereocenters. The van der Waals surface area contributed by atoms with Gasteiger partial charge >= 0.3 is 0 Å². The molecule has 0 aliphatic rings. The van der Waals surface area contributed by atoms with Crippen LogP contribution in [-0.2, 0) is 5.54 Å². The fraction of sp³-hybridized carbons (Fsp3) is 0.667. The topological polar surface area (TPSA) is 27.1 Å². The molecule has 0 aliphatic heterocycles. The summed E-state index contributed by atoms with van der Waals surface area (Å²) in [5, 5.41) is 4.44. The Morgan fingerprint density at radius 1 is 1.38 bits per heavy atom. The molecule has 0 aromatic carbocycles. The van der Waals surface area contributed by atoms with Gasteiger partial charge in [-0.25, -0.2) is 4.68 Å². The molecule has 0 fully saturated rings. The predicted molar refractivity (Wildman–Crippen MR) is 61.2 cm³/mol. The molecule has 1 aromatic heterocycles. The summed E-state index contributed by atoms with van der Waals surface area (Å²) in [6.07, 6.45) is 0. The Morgan fingerprint density at radius 3 is 2.15 bits per heavy atom. The van der Waals surface area contributed by atoms with Gasteiger partial charge in [-0.15, -0.1) is 0 Å². The molecule has 0 radical (unpaired) electrons. The van der Waals surface area contributed by atoms with Crippen molar-refractivity contribution in [3.05, 3.63) is 9.39 Å². The number of halogens is 1. The van der Waals surface area contributed by atoms with E-state index in [0.29, 0.717) is 0 Å². The predicted octanol–water partition coefficient (Wildman–Crippen LogP) is 2.56. The lowest BCUT2D eigenvalue weighted by Gasteiger charge is -2.20. The van der Waals surface area contributed by atoms with Gasteiger partial charge in [-0.3, -0.25) is 0 Å². The summed E-state index contributed by atoms with van der Waals surface area (Å²) in [6.45, 7) is 8.34. The van der Waals surface area contributed by atoms with Gasteiger partial charge < -0.3 is 4.74 Å². The first-order valence-corrected chi connectivity index (χ1v) is 5.25. The number of hydrogen-bond donors (Lipinski definition) is 0. The Morgan fingerprint density at radius 2 is 1.92 bits per heavy atom. The normalized spacial score (nSPS) is 11.8. The summed E-state index contributed by atoms with van der Waals surface area (Å²) in [5.41, 5.74) is 0.958. The van der Waals surface area contributed by atoms with E-state index < -0.39 is 0 Å². The molecule has 1 rings (SSSR count). The molecule has 0 spiro atoms. The molecule has 1 aromatic rings. The number of aromatic nitrogens is 2. The molecule has 0 bridgehead atoms.